The molecule has 0 saturated heterocycles. The third-order valence-corrected chi connectivity index (χ3v) is 3.71. The highest BCUT2D eigenvalue weighted by atomic mass is 16.5. The van der Waals surface area contributed by atoms with Crippen molar-refractivity contribution in [1.82, 2.24) is 20.1 Å². The summed E-state index contributed by atoms with van der Waals surface area (Å²) in [6.07, 6.45) is 3.98. The maximum Gasteiger partial charge on any atom is 0.212 e. The zero-order valence-electron chi connectivity index (χ0n) is 14.3. The Labute approximate surface area is 132 Å². The Morgan fingerprint density at radius 2 is 2.05 bits per heavy atom. The van der Waals surface area contributed by atoms with Gasteiger partial charge in [0, 0.05) is 36.6 Å². The molecule has 0 aromatic carbocycles. The van der Waals surface area contributed by atoms with Crippen LogP contribution in [0.5, 0.6) is 5.88 Å². The van der Waals surface area contributed by atoms with Gasteiger partial charge in [-0.25, -0.2) is 4.98 Å². The van der Waals surface area contributed by atoms with Gasteiger partial charge in [0.1, 0.15) is 0 Å². The van der Waals surface area contributed by atoms with Gasteiger partial charge in [-0.3, -0.25) is 4.68 Å². The van der Waals surface area contributed by atoms with Crippen molar-refractivity contribution in [3.63, 3.8) is 0 Å². The highest BCUT2D eigenvalue weighted by molar-refractivity contribution is 5.21. The van der Waals surface area contributed by atoms with E-state index in [0.717, 1.165) is 17.8 Å². The van der Waals surface area contributed by atoms with E-state index in [4.69, 9.17) is 4.74 Å². The number of aromatic nitrogens is 3. The fraction of sp³-hybridized carbons (Fsp3) is 0.529. The molecule has 2 heterocycles. The molecule has 22 heavy (non-hydrogen) atoms. The van der Waals surface area contributed by atoms with E-state index in [1.807, 2.05) is 23.0 Å². The minimum absolute atomic E-state index is 0.00261. The normalized spacial score (nSPS) is 13.2. The van der Waals surface area contributed by atoms with Crippen LogP contribution in [0.25, 0.3) is 0 Å². The van der Waals surface area contributed by atoms with Gasteiger partial charge >= 0.3 is 0 Å². The number of pyridine rings is 1. The Morgan fingerprint density at radius 1 is 1.32 bits per heavy atom. The smallest absolute Gasteiger partial charge is 0.212 e. The Balaban J connectivity index is 2.02. The summed E-state index contributed by atoms with van der Waals surface area (Å²) >= 11 is 0. The van der Waals surface area contributed by atoms with Crippen molar-refractivity contribution in [2.45, 2.75) is 52.7 Å². The third-order valence-electron chi connectivity index (χ3n) is 3.71. The zero-order chi connectivity index (χ0) is 16.3. The molecule has 0 aliphatic rings. The SMILES string of the molecule is COc1ccc(CNC(C)c2cn(C(C)(C)C)nc2C)cn1. The van der Waals surface area contributed by atoms with Gasteiger partial charge in [-0.1, -0.05) is 6.07 Å². The summed E-state index contributed by atoms with van der Waals surface area (Å²) in [5, 5.41) is 8.15. The predicted octanol–water partition coefficient (Wildman–Crippen LogP) is 3.20. The van der Waals surface area contributed by atoms with Crippen LogP contribution in [0.4, 0.5) is 0 Å². The van der Waals surface area contributed by atoms with E-state index in [-0.39, 0.29) is 11.6 Å². The Morgan fingerprint density at radius 3 is 2.55 bits per heavy atom. The molecule has 0 amide bonds. The van der Waals surface area contributed by atoms with Crippen molar-refractivity contribution in [2.75, 3.05) is 7.11 Å². The molecule has 0 aliphatic heterocycles. The monoisotopic (exact) mass is 302 g/mol. The lowest BCUT2D eigenvalue weighted by Crippen LogP contribution is -2.22. The topological polar surface area (TPSA) is 52.0 Å². The van der Waals surface area contributed by atoms with E-state index in [0.29, 0.717) is 5.88 Å². The van der Waals surface area contributed by atoms with Crippen LogP contribution in [0.1, 0.15) is 50.6 Å². The number of nitrogens with zero attached hydrogens (tertiary/aromatic N) is 3. The molecule has 2 aromatic heterocycles. The second-order valence-corrected chi connectivity index (χ2v) is 6.60. The first kappa shape index (κ1) is 16.5. The van der Waals surface area contributed by atoms with Crippen molar-refractivity contribution in [2.24, 2.45) is 0 Å². The summed E-state index contributed by atoms with van der Waals surface area (Å²) in [6, 6.07) is 4.14. The molecule has 1 atom stereocenters. The molecule has 0 bridgehead atoms. The van der Waals surface area contributed by atoms with E-state index in [2.05, 4.69) is 56.2 Å². The van der Waals surface area contributed by atoms with E-state index in [1.165, 1.54) is 5.56 Å². The minimum atomic E-state index is 0.00261. The molecule has 1 unspecified atom stereocenters. The van der Waals surface area contributed by atoms with Gasteiger partial charge < -0.3 is 10.1 Å². The summed E-state index contributed by atoms with van der Waals surface area (Å²) in [5.41, 5.74) is 3.44. The molecule has 5 nitrogen and oxygen atoms in total. The lowest BCUT2D eigenvalue weighted by Gasteiger charge is -2.19. The van der Waals surface area contributed by atoms with Crippen LogP contribution in [0.15, 0.2) is 24.5 Å². The summed E-state index contributed by atoms with van der Waals surface area (Å²) in [5.74, 6) is 0.638. The van der Waals surface area contributed by atoms with Gasteiger partial charge in [-0.15, -0.1) is 0 Å². The van der Waals surface area contributed by atoms with E-state index >= 15 is 0 Å². The molecule has 0 radical (unpaired) electrons. The van der Waals surface area contributed by atoms with Crippen LogP contribution >= 0.6 is 0 Å². The van der Waals surface area contributed by atoms with Crippen molar-refractivity contribution in [3.8, 4) is 5.88 Å². The summed E-state index contributed by atoms with van der Waals surface area (Å²) in [4.78, 5) is 4.22. The van der Waals surface area contributed by atoms with E-state index in [1.54, 1.807) is 7.11 Å². The molecule has 0 spiro atoms. The Bertz CT molecular complexity index is 611. The van der Waals surface area contributed by atoms with Gasteiger partial charge in [-0.05, 0) is 40.2 Å². The minimum Gasteiger partial charge on any atom is -0.481 e. The molecule has 1 N–H and O–H groups in total. The molecule has 120 valence electrons. The molecular formula is C17H26N4O. The van der Waals surface area contributed by atoms with Crippen molar-refractivity contribution in [3.05, 3.63) is 41.3 Å². The Kier molecular flexibility index (Phi) is 4.86. The molecular weight excluding hydrogens is 276 g/mol. The number of aryl methyl sites for hydroxylation is 1. The summed E-state index contributed by atoms with van der Waals surface area (Å²) in [7, 11) is 1.62. The second kappa shape index (κ2) is 6.48. The van der Waals surface area contributed by atoms with Crippen molar-refractivity contribution < 1.29 is 4.74 Å². The molecule has 0 aliphatic carbocycles. The fourth-order valence-electron chi connectivity index (χ4n) is 2.26. The third kappa shape index (κ3) is 3.85. The van der Waals surface area contributed by atoms with Crippen LogP contribution in [0.3, 0.4) is 0 Å². The second-order valence-electron chi connectivity index (χ2n) is 6.60. The zero-order valence-corrected chi connectivity index (χ0v) is 14.3. The average molecular weight is 302 g/mol. The van der Waals surface area contributed by atoms with Gasteiger partial charge in [0.05, 0.1) is 18.3 Å². The van der Waals surface area contributed by atoms with Crippen LogP contribution in [0, 0.1) is 6.92 Å². The lowest BCUT2D eigenvalue weighted by atomic mass is 10.1. The molecule has 0 saturated carbocycles. The highest BCUT2D eigenvalue weighted by Gasteiger charge is 2.18. The van der Waals surface area contributed by atoms with Crippen molar-refractivity contribution >= 4 is 0 Å². The van der Waals surface area contributed by atoms with Crippen molar-refractivity contribution in [1.29, 1.82) is 0 Å². The molecule has 5 heteroatoms. The maximum atomic E-state index is 5.07. The summed E-state index contributed by atoms with van der Waals surface area (Å²) in [6.45, 7) is 11.5. The van der Waals surface area contributed by atoms with E-state index < -0.39 is 0 Å². The number of hydrogen-bond acceptors (Lipinski definition) is 4. The van der Waals surface area contributed by atoms with E-state index in [9.17, 15) is 0 Å². The largest absolute Gasteiger partial charge is 0.481 e. The number of ether oxygens (including phenoxy) is 1. The standard InChI is InChI=1S/C17H26N4O/c1-12(15-11-21(17(3,4)5)20-13(15)2)18-9-14-7-8-16(22-6)19-10-14/h7-8,10-12,18H,9H2,1-6H3. The lowest BCUT2D eigenvalue weighted by molar-refractivity contribution is 0.353. The highest BCUT2D eigenvalue weighted by Crippen LogP contribution is 2.21. The van der Waals surface area contributed by atoms with Gasteiger partial charge in [0.15, 0.2) is 0 Å². The average Bonchev–Trinajstić information content (AvgIpc) is 2.87. The first-order valence-corrected chi connectivity index (χ1v) is 7.60. The number of nitrogens with one attached hydrogen (secondary N) is 1. The first-order valence-electron chi connectivity index (χ1n) is 7.60. The van der Waals surface area contributed by atoms with Gasteiger partial charge in [0.25, 0.3) is 0 Å². The first-order chi connectivity index (χ1) is 10.3. The number of hydrogen-bond donors (Lipinski definition) is 1. The van der Waals surface area contributed by atoms with Crippen LogP contribution in [-0.2, 0) is 12.1 Å². The van der Waals surface area contributed by atoms with Gasteiger partial charge in [-0.2, -0.15) is 5.10 Å². The molecule has 2 rings (SSSR count). The predicted molar refractivity (Wildman–Crippen MR) is 88.0 cm³/mol. The number of methoxy groups -OCH3 is 1. The fourth-order valence-corrected chi connectivity index (χ4v) is 2.26. The maximum absolute atomic E-state index is 5.07. The Hall–Kier alpha value is -1.88. The summed E-state index contributed by atoms with van der Waals surface area (Å²) < 4.78 is 7.10. The van der Waals surface area contributed by atoms with Crippen LogP contribution in [0.2, 0.25) is 0 Å². The number of rotatable bonds is 5. The van der Waals surface area contributed by atoms with Gasteiger partial charge in [0.2, 0.25) is 5.88 Å². The van der Waals surface area contributed by atoms with Crippen LogP contribution in [-0.4, -0.2) is 21.9 Å². The van der Waals surface area contributed by atoms with Crippen LogP contribution < -0.4 is 10.1 Å². The molecule has 2 aromatic rings. The quantitative estimate of drug-likeness (QED) is 0.921. The molecule has 0 fully saturated rings.